The number of carbonyl (C=O) groups is 2. The van der Waals surface area contributed by atoms with Crippen molar-refractivity contribution in [1.29, 1.82) is 0 Å². The van der Waals surface area contributed by atoms with Crippen molar-refractivity contribution in [2.75, 3.05) is 6.61 Å². The molecule has 2 aliphatic heterocycles. The third-order valence-corrected chi connectivity index (χ3v) is 5.66. The van der Waals surface area contributed by atoms with Crippen molar-refractivity contribution in [3.05, 3.63) is 59.9 Å². The largest absolute Gasteiger partial charge is 0.493 e. The molecule has 4 rings (SSSR count). The Morgan fingerprint density at radius 2 is 1.79 bits per heavy atom. The lowest BCUT2D eigenvalue weighted by molar-refractivity contribution is 0.0546. The van der Waals surface area contributed by atoms with Gasteiger partial charge in [0.1, 0.15) is 5.75 Å². The van der Waals surface area contributed by atoms with Crippen LogP contribution in [0.2, 0.25) is 0 Å². The lowest BCUT2D eigenvalue weighted by atomic mass is 9.95. The molecule has 0 saturated carbocycles. The molecular weight excluding hydrogens is 354 g/mol. The molecule has 2 aliphatic rings. The van der Waals surface area contributed by atoms with Crippen molar-refractivity contribution in [3.8, 4) is 5.75 Å². The summed E-state index contributed by atoms with van der Waals surface area (Å²) in [6, 6.07) is 11.3. The third-order valence-electron chi connectivity index (χ3n) is 5.66. The minimum atomic E-state index is -0.0757. The summed E-state index contributed by atoms with van der Waals surface area (Å²) in [5, 5.41) is 3.14. The number of nitrogens with one attached hydrogen (secondary N) is 1. The molecule has 6 nitrogen and oxygen atoms in total. The predicted molar refractivity (Wildman–Crippen MR) is 105 cm³/mol. The Kier molecular flexibility index (Phi) is 5.28. The van der Waals surface area contributed by atoms with Gasteiger partial charge in [-0.25, -0.2) is 0 Å². The Labute approximate surface area is 164 Å². The van der Waals surface area contributed by atoms with E-state index in [0.29, 0.717) is 23.5 Å². The average Bonchev–Trinajstić information content (AvgIpc) is 2.99. The zero-order valence-corrected chi connectivity index (χ0v) is 16.0. The molecule has 3 heterocycles. The van der Waals surface area contributed by atoms with Crippen LogP contribution in [0.3, 0.4) is 0 Å². The van der Waals surface area contributed by atoms with Crippen LogP contribution in [0, 0.1) is 0 Å². The van der Waals surface area contributed by atoms with Crippen LogP contribution < -0.4 is 10.1 Å². The quantitative estimate of drug-likeness (QED) is 0.867. The van der Waals surface area contributed by atoms with E-state index in [9.17, 15) is 9.59 Å². The van der Waals surface area contributed by atoms with Crippen molar-refractivity contribution < 1.29 is 14.3 Å². The van der Waals surface area contributed by atoms with Gasteiger partial charge in [0, 0.05) is 36.1 Å². The second kappa shape index (κ2) is 8.00. The minimum absolute atomic E-state index is 0.0375. The number of hydrogen-bond donors (Lipinski definition) is 1. The van der Waals surface area contributed by atoms with Gasteiger partial charge in [-0.05, 0) is 56.9 Å². The van der Waals surface area contributed by atoms with Crippen molar-refractivity contribution in [1.82, 2.24) is 15.2 Å². The molecule has 2 aromatic rings. The molecule has 2 unspecified atom stereocenters. The van der Waals surface area contributed by atoms with Crippen LogP contribution in [-0.4, -0.2) is 46.4 Å². The van der Waals surface area contributed by atoms with E-state index in [1.54, 1.807) is 24.5 Å². The molecule has 0 spiro atoms. The number of hydrogen-bond acceptors (Lipinski definition) is 4. The van der Waals surface area contributed by atoms with E-state index >= 15 is 0 Å². The maximum Gasteiger partial charge on any atom is 0.258 e. The summed E-state index contributed by atoms with van der Waals surface area (Å²) >= 11 is 0. The summed E-state index contributed by atoms with van der Waals surface area (Å²) in [6.45, 7) is 2.45. The number of nitrogens with zero attached hydrogens (tertiary/aromatic N) is 2. The molecule has 1 N–H and O–H groups in total. The first kappa shape index (κ1) is 18.5. The first-order valence-corrected chi connectivity index (χ1v) is 9.92. The zero-order chi connectivity index (χ0) is 19.5. The fourth-order valence-electron chi connectivity index (χ4n) is 4.46. The first-order chi connectivity index (χ1) is 13.7. The molecule has 1 aromatic carbocycles. The van der Waals surface area contributed by atoms with E-state index in [-0.39, 0.29) is 29.9 Å². The van der Waals surface area contributed by atoms with Gasteiger partial charge in [-0.1, -0.05) is 12.1 Å². The standard InChI is InChI=1S/C22H25N3O3/c1-2-28-20-6-4-3-5-19(20)22(27)25-17-7-8-18(25)14-16(13-17)24-21(26)15-9-11-23-12-10-15/h3-6,9-12,16-18H,2,7-8,13-14H2,1H3,(H,24,26). The SMILES string of the molecule is CCOc1ccccc1C(=O)N1C2CCC1CC(NC(=O)c1ccncc1)C2. The summed E-state index contributed by atoms with van der Waals surface area (Å²) in [6.07, 6.45) is 6.78. The first-order valence-electron chi connectivity index (χ1n) is 9.92. The maximum absolute atomic E-state index is 13.3. The third kappa shape index (κ3) is 3.59. The van der Waals surface area contributed by atoms with Gasteiger partial charge in [-0.15, -0.1) is 0 Å². The van der Waals surface area contributed by atoms with Gasteiger partial charge in [0.05, 0.1) is 12.2 Å². The van der Waals surface area contributed by atoms with Crippen LogP contribution in [0.4, 0.5) is 0 Å². The molecule has 0 aliphatic carbocycles. The van der Waals surface area contributed by atoms with E-state index in [2.05, 4.69) is 10.3 Å². The number of ether oxygens (including phenoxy) is 1. The lowest BCUT2D eigenvalue weighted by Gasteiger charge is -2.39. The number of piperidine rings is 1. The Balaban J connectivity index is 1.46. The molecule has 2 fully saturated rings. The Bertz CT molecular complexity index is 841. The number of aromatic nitrogens is 1. The normalized spacial score (nSPS) is 23.3. The number of rotatable bonds is 5. The van der Waals surface area contributed by atoms with E-state index in [0.717, 1.165) is 25.7 Å². The Morgan fingerprint density at radius 1 is 1.11 bits per heavy atom. The molecule has 2 atom stereocenters. The highest BCUT2D eigenvalue weighted by atomic mass is 16.5. The van der Waals surface area contributed by atoms with Crippen molar-refractivity contribution in [2.24, 2.45) is 0 Å². The van der Waals surface area contributed by atoms with E-state index in [1.807, 2.05) is 36.1 Å². The zero-order valence-electron chi connectivity index (χ0n) is 16.0. The highest BCUT2D eigenvalue weighted by molar-refractivity contribution is 5.97. The molecule has 2 amide bonds. The number of pyridine rings is 1. The summed E-state index contributed by atoms with van der Waals surface area (Å²) in [5.74, 6) is 0.603. The molecule has 146 valence electrons. The molecule has 2 saturated heterocycles. The highest BCUT2D eigenvalue weighted by Crippen LogP contribution is 2.38. The lowest BCUT2D eigenvalue weighted by Crippen LogP contribution is -2.52. The number of benzene rings is 1. The minimum Gasteiger partial charge on any atom is -0.493 e. The molecule has 6 heteroatoms. The second-order valence-electron chi connectivity index (χ2n) is 7.40. The van der Waals surface area contributed by atoms with Gasteiger partial charge in [0.15, 0.2) is 0 Å². The number of fused-ring (bicyclic) bond motifs is 2. The average molecular weight is 379 g/mol. The van der Waals surface area contributed by atoms with Crippen LogP contribution in [-0.2, 0) is 0 Å². The van der Waals surface area contributed by atoms with Crippen LogP contribution in [0.1, 0.15) is 53.3 Å². The Hall–Kier alpha value is -2.89. The van der Waals surface area contributed by atoms with Gasteiger partial charge in [-0.2, -0.15) is 0 Å². The van der Waals surface area contributed by atoms with Crippen molar-refractivity contribution in [2.45, 2.75) is 50.7 Å². The van der Waals surface area contributed by atoms with Gasteiger partial charge in [0.2, 0.25) is 0 Å². The van der Waals surface area contributed by atoms with Crippen molar-refractivity contribution >= 4 is 11.8 Å². The number of carbonyl (C=O) groups excluding carboxylic acids is 2. The van der Waals surface area contributed by atoms with E-state index in [1.165, 1.54) is 0 Å². The van der Waals surface area contributed by atoms with Crippen LogP contribution in [0.5, 0.6) is 5.75 Å². The summed E-state index contributed by atoms with van der Waals surface area (Å²) < 4.78 is 5.65. The highest BCUT2D eigenvalue weighted by Gasteiger charge is 2.44. The summed E-state index contributed by atoms with van der Waals surface area (Å²) in [7, 11) is 0. The van der Waals surface area contributed by atoms with Gasteiger partial charge >= 0.3 is 0 Å². The van der Waals surface area contributed by atoms with Gasteiger partial charge in [-0.3, -0.25) is 14.6 Å². The molecule has 0 radical (unpaired) electrons. The fraction of sp³-hybridized carbons (Fsp3) is 0.409. The summed E-state index contributed by atoms with van der Waals surface area (Å²) in [5.41, 5.74) is 1.24. The van der Waals surface area contributed by atoms with Gasteiger partial charge in [0.25, 0.3) is 11.8 Å². The van der Waals surface area contributed by atoms with Crippen molar-refractivity contribution in [3.63, 3.8) is 0 Å². The maximum atomic E-state index is 13.3. The van der Waals surface area contributed by atoms with Crippen LogP contribution >= 0.6 is 0 Å². The fourth-order valence-corrected chi connectivity index (χ4v) is 4.46. The van der Waals surface area contributed by atoms with Crippen LogP contribution in [0.15, 0.2) is 48.8 Å². The topological polar surface area (TPSA) is 71.5 Å². The molecular formula is C22H25N3O3. The number of amides is 2. The monoisotopic (exact) mass is 379 g/mol. The second-order valence-corrected chi connectivity index (χ2v) is 7.40. The van der Waals surface area contributed by atoms with E-state index in [4.69, 9.17) is 4.74 Å². The molecule has 1 aromatic heterocycles. The van der Waals surface area contributed by atoms with Crippen LogP contribution in [0.25, 0.3) is 0 Å². The van der Waals surface area contributed by atoms with Gasteiger partial charge < -0.3 is 15.0 Å². The molecule has 2 bridgehead atoms. The van der Waals surface area contributed by atoms with E-state index < -0.39 is 0 Å². The smallest absolute Gasteiger partial charge is 0.258 e. The predicted octanol–water partition coefficient (Wildman–Crippen LogP) is 3.05. The molecule has 28 heavy (non-hydrogen) atoms. The summed E-state index contributed by atoms with van der Waals surface area (Å²) in [4.78, 5) is 31.7. The Morgan fingerprint density at radius 3 is 2.46 bits per heavy atom. The number of para-hydroxylation sites is 1.